The zero-order valence-corrected chi connectivity index (χ0v) is 13.3. The number of hydrogen-bond acceptors (Lipinski definition) is 3. The summed E-state index contributed by atoms with van der Waals surface area (Å²) in [7, 11) is 0. The van der Waals surface area contributed by atoms with E-state index in [0.717, 1.165) is 44.7 Å². The van der Waals surface area contributed by atoms with Crippen LogP contribution in [0.15, 0.2) is 18.2 Å². The maximum absolute atomic E-state index is 14.0. The fraction of sp³-hybridized carbons (Fsp3) is 0.625. The van der Waals surface area contributed by atoms with Gasteiger partial charge in [0.1, 0.15) is 0 Å². The van der Waals surface area contributed by atoms with Crippen LogP contribution in [0, 0.1) is 11.7 Å². The lowest BCUT2D eigenvalue weighted by atomic mass is 9.95. The molecule has 130 valence electrons. The molecule has 1 aromatic rings. The zero-order chi connectivity index (χ0) is 17.0. The van der Waals surface area contributed by atoms with Crippen molar-refractivity contribution in [3.05, 3.63) is 29.6 Å². The molecule has 1 aliphatic heterocycles. The van der Waals surface area contributed by atoms with Crippen molar-refractivity contribution in [3.63, 3.8) is 0 Å². The minimum Gasteiger partial charge on any atom is -0.403 e. The van der Waals surface area contributed by atoms with E-state index in [1.807, 2.05) is 0 Å². The van der Waals surface area contributed by atoms with Gasteiger partial charge in [0, 0.05) is 32.2 Å². The number of benzene rings is 1. The Bertz CT molecular complexity index is 513. The van der Waals surface area contributed by atoms with Gasteiger partial charge in [0.2, 0.25) is 0 Å². The Morgan fingerprint density at radius 1 is 1.22 bits per heavy atom. The third-order valence-electron chi connectivity index (χ3n) is 3.85. The van der Waals surface area contributed by atoms with Gasteiger partial charge in [0.05, 0.1) is 0 Å². The van der Waals surface area contributed by atoms with Gasteiger partial charge in [-0.25, -0.2) is 4.39 Å². The highest BCUT2D eigenvalue weighted by Gasteiger charge is 2.33. The summed E-state index contributed by atoms with van der Waals surface area (Å²) in [5.74, 6) is -1.38. The number of piperazine rings is 1. The van der Waals surface area contributed by atoms with Crippen LogP contribution in [-0.4, -0.2) is 37.4 Å². The van der Waals surface area contributed by atoms with Crippen molar-refractivity contribution in [2.75, 3.05) is 26.2 Å². The average Bonchev–Trinajstić information content (AvgIpc) is 2.46. The van der Waals surface area contributed by atoms with Crippen LogP contribution < -0.4 is 10.1 Å². The van der Waals surface area contributed by atoms with Crippen LogP contribution in [-0.2, 0) is 0 Å². The number of hydrogen-bond donors (Lipinski definition) is 1. The third kappa shape index (κ3) is 5.35. The molecule has 2 rings (SSSR count). The quantitative estimate of drug-likeness (QED) is 0.831. The molecule has 1 aliphatic rings. The lowest BCUT2D eigenvalue weighted by molar-refractivity contribution is -0.275. The van der Waals surface area contributed by atoms with Gasteiger partial charge >= 0.3 is 6.36 Å². The molecule has 1 fully saturated rings. The first-order valence-electron chi connectivity index (χ1n) is 7.76. The van der Waals surface area contributed by atoms with Crippen molar-refractivity contribution in [2.45, 2.75) is 32.7 Å². The minimum atomic E-state index is -4.89. The summed E-state index contributed by atoms with van der Waals surface area (Å²) in [4.78, 5) is 2.25. The molecule has 1 N–H and O–H groups in total. The molecule has 7 heteroatoms. The summed E-state index contributed by atoms with van der Waals surface area (Å²) < 4.78 is 54.4. The topological polar surface area (TPSA) is 24.5 Å². The molecule has 0 spiro atoms. The number of halogens is 4. The van der Waals surface area contributed by atoms with E-state index >= 15 is 0 Å². The third-order valence-corrected chi connectivity index (χ3v) is 3.85. The molecule has 0 bridgehead atoms. The Kier molecular flexibility index (Phi) is 5.86. The molecular formula is C16H22F4N2O. The minimum absolute atomic E-state index is 0.00784. The van der Waals surface area contributed by atoms with E-state index in [-0.39, 0.29) is 6.04 Å². The fourth-order valence-electron chi connectivity index (χ4n) is 2.87. The average molecular weight is 334 g/mol. The lowest BCUT2D eigenvalue weighted by Crippen LogP contribution is -2.45. The Morgan fingerprint density at radius 3 is 2.39 bits per heavy atom. The monoisotopic (exact) mass is 334 g/mol. The van der Waals surface area contributed by atoms with Crippen LogP contribution in [0.3, 0.4) is 0 Å². The molecule has 1 aromatic carbocycles. The fourth-order valence-corrected chi connectivity index (χ4v) is 2.87. The van der Waals surface area contributed by atoms with Gasteiger partial charge in [-0.3, -0.25) is 4.90 Å². The van der Waals surface area contributed by atoms with E-state index in [9.17, 15) is 17.6 Å². The standard InChI is InChI=1S/C16H22F4N2O/c1-11(2)9-14(22-7-5-21-6-8-22)12-3-4-15(13(17)10-12)23-16(18,19)20/h3-4,10-11,14,21H,5-9H2,1-2H3/t14-/m0/s1. The van der Waals surface area contributed by atoms with E-state index in [4.69, 9.17) is 0 Å². The smallest absolute Gasteiger partial charge is 0.403 e. The summed E-state index contributed by atoms with van der Waals surface area (Å²) >= 11 is 0. The first-order chi connectivity index (χ1) is 10.8. The van der Waals surface area contributed by atoms with Gasteiger partial charge < -0.3 is 10.1 Å². The van der Waals surface area contributed by atoms with Gasteiger partial charge in [-0.1, -0.05) is 19.9 Å². The lowest BCUT2D eigenvalue weighted by Gasteiger charge is -2.36. The van der Waals surface area contributed by atoms with E-state index in [1.54, 1.807) is 0 Å². The van der Waals surface area contributed by atoms with Crippen LogP contribution in [0.4, 0.5) is 17.6 Å². The molecule has 1 atom stereocenters. The maximum Gasteiger partial charge on any atom is 0.573 e. The van der Waals surface area contributed by atoms with Crippen molar-refractivity contribution in [3.8, 4) is 5.75 Å². The summed E-state index contributed by atoms with van der Waals surface area (Å²) in [6.45, 7) is 7.53. The number of nitrogens with zero attached hydrogens (tertiary/aromatic N) is 1. The zero-order valence-electron chi connectivity index (χ0n) is 13.3. The van der Waals surface area contributed by atoms with Crippen molar-refractivity contribution >= 4 is 0 Å². The van der Waals surface area contributed by atoms with Crippen LogP contribution in [0.25, 0.3) is 0 Å². The number of rotatable bonds is 5. The summed E-state index contributed by atoms with van der Waals surface area (Å²) in [6, 6.07) is 3.75. The van der Waals surface area contributed by atoms with E-state index in [1.165, 1.54) is 6.07 Å². The second-order valence-electron chi connectivity index (χ2n) is 6.17. The van der Waals surface area contributed by atoms with Crippen LogP contribution >= 0.6 is 0 Å². The molecule has 1 heterocycles. The molecule has 3 nitrogen and oxygen atoms in total. The second kappa shape index (κ2) is 7.49. The number of nitrogens with one attached hydrogen (secondary N) is 1. The number of alkyl halides is 3. The van der Waals surface area contributed by atoms with Gasteiger partial charge in [-0.05, 0) is 30.0 Å². The van der Waals surface area contributed by atoms with Crippen LogP contribution in [0.1, 0.15) is 31.9 Å². The van der Waals surface area contributed by atoms with Crippen LogP contribution in [0.5, 0.6) is 5.75 Å². The van der Waals surface area contributed by atoms with E-state index < -0.39 is 17.9 Å². The van der Waals surface area contributed by atoms with Gasteiger partial charge in [0.15, 0.2) is 11.6 Å². The predicted molar refractivity (Wildman–Crippen MR) is 79.7 cm³/mol. The summed E-state index contributed by atoms with van der Waals surface area (Å²) in [6.07, 6.45) is -4.07. The predicted octanol–water partition coefficient (Wildman–Crippen LogP) is 3.72. The molecule has 0 amide bonds. The van der Waals surface area contributed by atoms with Crippen molar-refractivity contribution in [1.82, 2.24) is 10.2 Å². The summed E-state index contributed by atoms with van der Waals surface area (Å²) in [5, 5.41) is 3.26. The normalized spacial score (nSPS) is 18.2. The highest BCUT2D eigenvalue weighted by molar-refractivity contribution is 5.31. The largest absolute Gasteiger partial charge is 0.573 e. The molecule has 1 saturated heterocycles. The van der Waals surface area contributed by atoms with E-state index in [2.05, 4.69) is 28.8 Å². The first kappa shape index (κ1) is 18.0. The second-order valence-corrected chi connectivity index (χ2v) is 6.17. The van der Waals surface area contributed by atoms with Gasteiger partial charge in [-0.15, -0.1) is 13.2 Å². The molecular weight excluding hydrogens is 312 g/mol. The van der Waals surface area contributed by atoms with Crippen molar-refractivity contribution in [2.24, 2.45) is 5.92 Å². The van der Waals surface area contributed by atoms with Crippen molar-refractivity contribution in [1.29, 1.82) is 0 Å². The Labute approximate surface area is 133 Å². The Morgan fingerprint density at radius 2 is 1.87 bits per heavy atom. The first-order valence-corrected chi connectivity index (χ1v) is 7.76. The highest BCUT2D eigenvalue weighted by atomic mass is 19.4. The van der Waals surface area contributed by atoms with Gasteiger partial charge in [-0.2, -0.15) is 0 Å². The van der Waals surface area contributed by atoms with Crippen molar-refractivity contribution < 1.29 is 22.3 Å². The molecule has 23 heavy (non-hydrogen) atoms. The SMILES string of the molecule is CC(C)C[C@@H](c1ccc(OC(F)(F)F)c(F)c1)N1CCNCC1. The molecule has 0 saturated carbocycles. The molecule has 0 radical (unpaired) electrons. The molecule has 0 aliphatic carbocycles. The molecule has 0 unspecified atom stereocenters. The van der Waals surface area contributed by atoms with E-state index in [0.29, 0.717) is 11.5 Å². The summed E-state index contributed by atoms with van der Waals surface area (Å²) in [5.41, 5.74) is 0.688. The van der Waals surface area contributed by atoms with Gasteiger partial charge in [0.25, 0.3) is 0 Å². The highest BCUT2D eigenvalue weighted by Crippen LogP contribution is 2.32. The molecule has 0 aromatic heterocycles. The maximum atomic E-state index is 14.0. The Hall–Kier alpha value is -1.34. The number of ether oxygens (including phenoxy) is 1. The van der Waals surface area contributed by atoms with Crippen LogP contribution in [0.2, 0.25) is 0 Å². The Balaban J connectivity index is 2.22.